The van der Waals surface area contributed by atoms with Crippen molar-refractivity contribution in [3.05, 3.63) is 27.7 Å². The molecule has 8 heteroatoms. The molecule has 1 heterocycles. The maximum atomic E-state index is 12.6. The molecule has 2 rings (SSSR count). The number of carbonyl (C=O) groups is 2. The van der Waals surface area contributed by atoms with Crippen LogP contribution in [0, 0.1) is 0 Å². The second-order valence-electron chi connectivity index (χ2n) is 7.94. The van der Waals surface area contributed by atoms with E-state index in [-0.39, 0.29) is 12.3 Å². The summed E-state index contributed by atoms with van der Waals surface area (Å²) in [5.74, 6) is -0.163. The van der Waals surface area contributed by atoms with Crippen LogP contribution in [0.4, 0.5) is 4.79 Å². The van der Waals surface area contributed by atoms with Crippen LogP contribution in [-0.2, 0) is 9.53 Å². The Morgan fingerprint density at radius 3 is 2.44 bits per heavy atom. The van der Waals surface area contributed by atoms with E-state index in [1.165, 1.54) is 4.90 Å². The molecule has 2 atom stereocenters. The van der Waals surface area contributed by atoms with Gasteiger partial charge >= 0.3 is 6.09 Å². The summed E-state index contributed by atoms with van der Waals surface area (Å²) in [4.78, 5) is 26.4. The first-order chi connectivity index (χ1) is 12.4. The zero-order valence-electron chi connectivity index (χ0n) is 16.3. The molecule has 1 saturated heterocycles. The van der Waals surface area contributed by atoms with E-state index < -0.39 is 23.1 Å². The van der Waals surface area contributed by atoms with Gasteiger partial charge in [0, 0.05) is 12.1 Å². The molecule has 6 nitrogen and oxygen atoms in total. The van der Waals surface area contributed by atoms with Gasteiger partial charge in [-0.1, -0.05) is 23.2 Å². The number of rotatable bonds is 3. The van der Waals surface area contributed by atoms with Crippen molar-refractivity contribution < 1.29 is 19.1 Å². The molecule has 0 spiro atoms. The summed E-state index contributed by atoms with van der Waals surface area (Å²) in [6.45, 7) is 7.27. The fourth-order valence-corrected chi connectivity index (χ4v) is 3.90. The number of ether oxygens (including phenoxy) is 2. The molecule has 1 fully saturated rings. The van der Waals surface area contributed by atoms with Crippen molar-refractivity contribution in [3.63, 3.8) is 0 Å². The number of hydrogen-bond acceptors (Lipinski definition) is 4. The van der Waals surface area contributed by atoms with Crippen LogP contribution in [0.5, 0.6) is 5.75 Å². The Bertz CT molecular complexity index is 748. The van der Waals surface area contributed by atoms with Crippen molar-refractivity contribution in [1.29, 1.82) is 0 Å². The number of methoxy groups -OCH3 is 1. The van der Waals surface area contributed by atoms with Crippen LogP contribution < -0.4 is 10.5 Å². The fraction of sp³-hybridized carbons (Fsp3) is 0.579. The highest BCUT2D eigenvalue weighted by Crippen LogP contribution is 2.46. The molecule has 1 aromatic rings. The summed E-state index contributed by atoms with van der Waals surface area (Å²) < 4.78 is 10.9. The van der Waals surface area contributed by atoms with E-state index >= 15 is 0 Å². The first kappa shape index (κ1) is 21.6. The Hall–Kier alpha value is -1.66. The Morgan fingerprint density at radius 1 is 1.30 bits per heavy atom. The van der Waals surface area contributed by atoms with Crippen LogP contribution in [-0.4, -0.2) is 41.7 Å². The Morgan fingerprint density at radius 2 is 1.93 bits per heavy atom. The number of amides is 2. The van der Waals surface area contributed by atoms with Crippen molar-refractivity contribution in [2.45, 2.75) is 57.6 Å². The number of likely N-dealkylation sites (tertiary alicyclic amines) is 1. The SMILES string of the molecule is COc1ccc(Cl)c(Cl)c1C1CCN(C(=O)OC(C)(C)C)C(C)(C(N)=O)C1. The molecule has 1 aliphatic heterocycles. The van der Waals surface area contributed by atoms with Gasteiger partial charge < -0.3 is 15.2 Å². The van der Waals surface area contributed by atoms with E-state index in [9.17, 15) is 9.59 Å². The van der Waals surface area contributed by atoms with Crippen molar-refractivity contribution in [1.82, 2.24) is 4.90 Å². The molecule has 1 aromatic carbocycles. The monoisotopic (exact) mass is 416 g/mol. The zero-order valence-corrected chi connectivity index (χ0v) is 17.8. The third-order valence-electron chi connectivity index (χ3n) is 4.81. The van der Waals surface area contributed by atoms with Gasteiger partial charge in [0.1, 0.15) is 16.9 Å². The van der Waals surface area contributed by atoms with Crippen LogP contribution in [0.25, 0.3) is 0 Å². The average Bonchev–Trinajstić information content (AvgIpc) is 2.55. The number of benzene rings is 1. The van der Waals surface area contributed by atoms with E-state index in [0.29, 0.717) is 28.8 Å². The van der Waals surface area contributed by atoms with Crippen molar-refractivity contribution in [2.75, 3.05) is 13.7 Å². The Labute approximate surface area is 169 Å². The number of halogens is 2. The van der Waals surface area contributed by atoms with E-state index in [0.717, 1.165) is 5.56 Å². The smallest absolute Gasteiger partial charge is 0.411 e. The highest BCUT2D eigenvalue weighted by atomic mass is 35.5. The maximum Gasteiger partial charge on any atom is 0.411 e. The second-order valence-corrected chi connectivity index (χ2v) is 8.72. The molecule has 27 heavy (non-hydrogen) atoms. The highest BCUT2D eigenvalue weighted by Gasteiger charge is 2.48. The summed E-state index contributed by atoms with van der Waals surface area (Å²) >= 11 is 12.6. The van der Waals surface area contributed by atoms with Crippen molar-refractivity contribution >= 4 is 35.2 Å². The third kappa shape index (κ3) is 4.43. The summed E-state index contributed by atoms with van der Waals surface area (Å²) in [6, 6.07) is 3.40. The minimum atomic E-state index is -1.22. The first-order valence-electron chi connectivity index (χ1n) is 8.73. The standard InChI is InChI=1S/C19H26Cl2N2O4/c1-18(2,3)27-17(25)23-9-8-11(10-19(23,4)16(22)24)14-13(26-5)7-6-12(20)15(14)21/h6-7,11H,8-10H2,1-5H3,(H2,22,24). The van der Waals surface area contributed by atoms with Gasteiger partial charge in [0.2, 0.25) is 5.91 Å². The zero-order chi connectivity index (χ0) is 20.6. The van der Waals surface area contributed by atoms with Crippen LogP contribution in [0.2, 0.25) is 10.0 Å². The Kier molecular flexibility index (Phi) is 6.22. The Balaban J connectivity index is 2.40. The topological polar surface area (TPSA) is 81.9 Å². The molecular formula is C19H26Cl2N2O4. The number of piperidine rings is 1. The lowest BCUT2D eigenvalue weighted by molar-refractivity contribution is -0.131. The molecular weight excluding hydrogens is 391 g/mol. The number of carbonyl (C=O) groups excluding carboxylic acids is 2. The van der Waals surface area contributed by atoms with Gasteiger partial charge in [0.05, 0.1) is 17.2 Å². The molecule has 0 saturated carbocycles. The minimum Gasteiger partial charge on any atom is -0.496 e. The quantitative estimate of drug-likeness (QED) is 0.792. The minimum absolute atomic E-state index is 0.151. The lowest BCUT2D eigenvalue weighted by Gasteiger charge is -2.45. The molecule has 0 bridgehead atoms. The van der Waals surface area contributed by atoms with Crippen LogP contribution >= 0.6 is 23.2 Å². The van der Waals surface area contributed by atoms with Gasteiger partial charge in [0.15, 0.2) is 0 Å². The van der Waals surface area contributed by atoms with E-state index in [1.54, 1.807) is 46.9 Å². The van der Waals surface area contributed by atoms with Gasteiger partial charge in [0.25, 0.3) is 0 Å². The molecule has 2 N–H and O–H groups in total. The molecule has 0 aromatic heterocycles. The molecule has 1 aliphatic rings. The van der Waals surface area contributed by atoms with Crippen LogP contribution in [0.3, 0.4) is 0 Å². The molecule has 0 radical (unpaired) electrons. The van der Waals surface area contributed by atoms with Gasteiger partial charge in [-0.05, 0) is 58.6 Å². The third-order valence-corrected chi connectivity index (χ3v) is 5.63. The number of primary amides is 1. The predicted molar refractivity (Wildman–Crippen MR) is 106 cm³/mol. The number of hydrogen-bond donors (Lipinski definition) is 1. The molecule has 2 unspecified atom stereocenters. The lowest BCUT2D eigenvalue weighted by Crippen LogP contribution is -2.61. The normalized spacial score (nSPS) is 23.1. The van der Waals surface area contributed by atoms with Crippen LogP contribution in [0.15, 0.2) is 12.1 Å². The number of nitrogens with zero attached hydrogens (tertiary/aromatic N) is 1. The first-order valence-corrected chi connectivity index (χ1v) is 9.48. The molecule has 2 amide bonds. The number of nitrogens with two attached hydrogens (primary N) is 1. The second kappa shape index (κ2) is 7.76. The average molecular weight is 417 g/mol. The summed E-state index contributed by atoms with van der Waals surface area (Å²) in [5.41, 5.74) is 4.52. The largest absolute Gasteiger partial charge is 0.496 e. The van der Waals surface area contributed by atoms with Gasteiger partial charge in [-0.2, -0.15) is 0 Å². The van der Waals surface area contributed by atoms with Crippen molar-refractivity contribution in [2.24, 2.45) is 5.73 Å². The van der Waals surface area contributed by atoms with E-state index in [2.05, 4.69) is 0 Å². The predicted octanol–water partition coefficient (Wildman–Crippen LogP) is 4.36. The fourth-order valence-electron chi connectivity index (χ4n) is 3.42. The van der Waals surface area contributed by atoms with Gasteiger partial charge in [-0.3, -0.25) is 9.69 Å². The van der Waals surface area contributed by atoms with Crippen molar-refractivity contribution in [3.8, 4) is 5.75 Å². The highest BCUT2D eigenvalue weighted by molar-refractivity contribution is 6.42. The van der Waals surface area contributed by atoms with E-state index in [1.807, 2.05) is 0 Å². The molecule has 0 aliphatic carbocycles. The van der Waals surface area contributed by atoms with Gasteiger partial charge in [-0.15, -0.1) is 0 Å². The lowest BCUT2D eigenvalue weighted by atomic mass is 9.77. The van der Waals surface area contributed by atoms with Gasteiger partial charge in [-0.25, -0.2) is 4.79 Å². The van der Waals surface area contributed by atoms with Crippen LogP contribution in [0.1, 0.15) is 52.0 Å². The summed E-state index contributed by atoms with van der Waals surface area (Å²) in [6.07, 6.45) is 0.294. The molecule has 150 valence electrons. The van der Waals surface area contributed by atoms with E-state index in [4.69, 9.17) is 38.4 Å². The summed E-state index contributed by atoms with van der Waals surface area (Å²) in [5, 5.41) is 0.793. The maximum absolute atomic E-state index is 12.6. The summed E-state index contributed by atoms with van der Waals surface area (Å²) in [7, 11) is 1.55.